The highest BCUT2D eigenvalue weighted by molar-refractivity contribution is 5.70. The van der Waals surface area contributed by atoms with E-state index in [9.17, 15) is 9.59 Å². The summed E-state index contributed by atoms with van der Waals surface area (Å²) in [6.45, 7) is 7.71. The Bertz CT molecular complexity index is 1100. The number of carbonyl (C=O) groups is 2. The summed E-state index contributed by atoms with van der Waals surface area (Å²) >= 11 is 0. The molecule has 0 aliphatic rings. The van der Waals surface area contributed by atoms with Crippen LogP contribution in [-0.2, 0) is 23.8 Å². The largest absolute Gasteiger partial charge is 0.462 e. The molecule has 0 aliphatic heterocycles. The molecule has 0 bridgehead atoms. The second kappa shape index (κ2) is 54.9. The van der Waals surface area contributed by atoms with Crippen LogP contribution in [0.2, 0.25) is 0 Å². The fraction of sp³-hybridized carbons (Fsp3) is 0.797. The van der Waals surface area contributed by atoms with Crippen molar-refractivity contribution in [1.82, 2.24) is 0 Å². The third-order valence-electron chi connectivity index (χ3n) is 12.0. The number of esters is 2. The van der Waals surface area contributed by atoms with E-state index in [4.69, 9.17) is 14.2 Å². The summed E-state index contributed by atoms with van der Waals surface area (Å²) < 4.78 is 17.4. The van der Waals surface area contributed by atoms with Crippen LogP contribution in [0.1, 0.15) is 278 Å². The molecule has 0 aromatic carbocycles. The van der Waals surface area contributed by atoms with Gasteiger partial charge < -0.3 is 14.2 Å². The molecule has 0 saturated carbocycles. The monoisotopic (exact) mass is 895 g/mol. The van der Waals surface area contributed by atoms with Crippen molar-refractivity contribution in [2.45, 2.75) is 284 Å². The van der Waals surface area contributed by atoms with Gasteiger partial charge >= 0.3 is 11.9 Å². The quantitative estimate of drug-likeness (QED) is 0.0346. The Morgan fingerprint density at radius 2 is 0.703 bits per heavy atom. The number of ether oxygens (including phenoxy) is 3. The molecule has 372 valence electrons. The van der Waals surface area contributed by atoms with E-state index < -0.39 is 6.10 Å². The molecule has 0 amide bonds. The van der Waals surface area contributed by atoms with Gasteiger partial charge in [-0.15, -0.1) is 0 Å². The lowest BCUT2D eigenvalue weighted by Gasteiger charge is -2.18. The Labute approximate surface area is 398 Å². The lowest BCUT2D eigenvalue weighted by atomic mass is 10.1. The summed E-state index contributed by atoms with van der Waals surface area (Å²) in [7, 11) is 0. The molecular formula is C59H106O5. The van der Waals surface area contributed by atoms with Gasteiger partial charge in [0.1, 0.15) is 6.61 Å². The Balaban J connectivity index is 4.28. The molecule has 0 heterocycles. The molecule has 64 heavy (non-hydrogen) atoms. The average Bonchev–Trinajstić information content (AvgIpc) is 3.30. The number of carbonyl (C=O) groups excluding carboxylic acids is 2. The van der Waals surface area contributed by atoms with Crippen LogP contribution in [-0.4, -0.2) is 37.9 Å². The zero-order valence-corrected chi connectivity index (χ0v) is 42.8. The van der Waals surface area contributed by atoms with Gasteiger partial charge in [-0.2, -0.15) is 0 Å². The van der Waals surface area contributed by atoms with Crippen LogP contribution in [0.3, 0.4) is 0 Å². The van der Waals surface area contributed by atoms with E-state index in [1.165, 1.54) is 167 Å². The van der Waals surface area contributed by atoms with Crippen LogP contribution >= 0.6 is 0 Å². The molecule has 0 spiro atoms. The van der Waals surface area contributed by atoms with Crippen LogP contribution in [0.15, 0.2) is 60.8 Å². The highest BCUT2D eigenvalue weighted by atomic mass is 16.6. The van der Waals surface area contributed by atoms with Crippen molar-refractivity contribution in [3.05, 3.63) is 60.8 Å². The molecule has 0 saturated heterocycles. The van der Waals surface area contributed by atoms with Crippen LogP contribution < -0.4 is 0 Å². The highest BCUT2D eigenvalue weighted by Gasteiger charge is 2.17. The molecule has 0 aromatic rings. The van der Waals surface area contributed by atoms with Gasteiger partial charge in [0.15, 0.2) is 6.10 Å². The van der Waals surface area contributed by atoms with Gasteiger partial charge in [0.2, 0.25) is 0 Å². The number of rotatable bonds is 51. The van der Waals surface area contributed by atoms with Crippen LogP contribution in [0, 0.1) is 0 Å². The Kier molecular flexibility index (Phi) is 52.9. The van der Waals surface area contributed by atoms with Crippen molar-refractivity contribution >= 4 is 11.9 Å². The van der Waals surface area contributed by atoms with Crippen molar-refractivity contribution in [2.24, 2.45) is 0 Å². The molecule has 0 aromatic heterocycles. The molecule has 5 nitrogen and oxygen atoms in total. The summed E-state index contributed by atoms with van der Waals surface area (Å²) in [5.74, 6) is -0.408. The van der Waals surface area contributed by atoms with Gasteiger partial charge in [0.25, 0.3) is 0 Å². The van der Waals surface area contributed by atoms with Gasteiger partial charge in [0, 0.05) is 19.4 Å². The topological polar surface area (TPSA) is 61.8 Å². The van der Waals surface area contributed by atoms with Crippen molar-refractivity contribution in [3.63, 3.8) is 0 Å². The second-order valence-electron chi connectivity index (χ2n) is 18.4. The maximum Gasteiger partial charge on any atom is 0.306 e. The van der Waals surface area contributed by atoms with Crippen LogP contribution in [0.25, 0.3) is 0 Å². The first-order chi connectivity index (χ1) is 31.6. The first kappa shape index (κ1) is 61.6. The van der Waals surface area contributed by atoms with Gasteiger partial charge in [-0.3, -0.25) is 9.59 Å². The first-order valence-electron chi connectivity index (χ1n) is 27.8. The zero-order chi connectivity index (χ0) is 46.3. The fourth-order valence-corrected chi connectivity index (χ4v) is 7.87. The van der Waals surface area contributed by atoms with Crippen molar-refractivity contribution in [1.29, 1.82) is 0 Å². The third kappa shape index (κ3) is 52.2. The van der Waals surface area contributed by atoms with Gasteiger partial charge in [-0.1, -0.05) is 223 Å². The molecule has 0 fully saturated rings. The molecule has 0 N–H and O–H groups in total. The smallest absolute Gasteiger partial charge is 0.306 e. The average molecular weight is 895 g/mol. The summed E-state index contributed by atoms with van der Waals surface area (Å²) in [5.41, 5.74) is 0. The van der Waals surface area contributed by atoms with Gasteiger partial charge in [-0.25, -0.2) is 0 Å². The lowest BCUT2D eigenvalue weighted by Crippen LogP contribution is -2.30. The van der Waals surface area contributed by atoms with Gasteiger partial charge in [-0.05, 0) is 103 Å². The van der Waals surface area contributed by atoms with E-state index in [1.54, 1.807) is 0 Å². The molecular weight excluding hydrogens is 789 g/mol. The van der Waals surface area contributed by atoms with Crippen molar-refractivity contribution in [2.75, 3.05) is 19.8 Å². The van der Waals surface area contributed by atoms with Crippen LogP contribution in [0.4, 0.5) is 0 Å². The lowest BCUT2D eigenvalue weighted by molar-refractivity contribution is -0.163. The Hall–Kier alpha value is -2.40. The zero-order valence-electron chi connectivity index (χ0n) is 42.8. The molecule has 1 unspecified atom stereocenters. The minimum absolute atomic E-state index is 0.0764. The van der Waals surface area contributed by atoms with Crippen molar-refractivity contribution in [3.8, 4) is 0 Å². The summed E-state index contributed by atoms with van der Waals surface area (Å²) in [6, 6.07) is 0. The summed E-state index contributed by atoms with van der Waals surface area (Å²) in [4.78, 5) is 25.5. The number of unbranched alkanes of at least 4 members (excludes halogenated alkanes) is 30. The third-order valence-corrected chi connectivity index (χ3v) is 12.0. The second-order valence-corrected chi connectivity index (χ2v) is 18.4. The maximum absolute atomic E-state index is 12.8. The van der Waals surface area contributed by atoms with Crippen LogP contribution in [0.5, 0.6) is 0 Å². The molecule has 0 rings (SSSR count). The molecule has 5 heteroatoms. The first-order valence-corrected chi connectivity index (χ1v) is 27.8. The van der Waals surface area contributed by atoms with E-state index in [2.05, 4.69) is 81.5 Å². The molecule has 1 atom stereocenters. The number of allylic oxidation sites excluding steroid dienone is 10. The molecule has 0 radical (unpaired) electrons. The van der Waals surface area contributed by atoms with Crippen molar-refractivity contribution < 1.29 is 23.8 Å². The predicted molar refractivity (Wildman–Crippen MR) is 279 cm³/mol. The van der Waals surface area contributed by atoms with E-state index in [1.807, 2.05) is 0 Å². The normalized spacial score (nSPS) is 12.6. The van der Waals surface area contributed by atoms with E-state index in [0.29, 0.717) is 19.4 Å². The highest BCUT2D eigenvalue weighted by Crippen LogP contribution is 2.15. The Morgan fingerprint density at radius 1 is 0.359 bits per heavy atom. The Morgan fingerprint density at radius 3 is 1.16 bits per heavy atom. The summed E-state index contributed by atoms with van der Waals surface area (Å²) in [5, 5.41) is 0. The van der Waals surface area contributed by atoms with Gasteiger partial charge in [0.05, 0.1) is 6.61 Å². The van der Waals surface area contributed by atoms with E-state index in [0.717, 1.165) is 77.0 Å². The van der Waals surface area contributed by atoms with E-state index >= 15 is 0 Å². The minimum atomic E-state index is -0.546. The minimum Gasteiger partial charge on any atom is -0.462 e. The number of hydrogen-bond acceptors (Lipinski definition) is 5. The standard InChI is InChI=1S/C59H106O5/c1-4-7-10-13-16-19-22-25-28-30-32-34-37-40-43-46-49-52-58(60)63-56-57(55-62-54-51-48-45-42-39-36-27-24-21-18-15-12-9-6-3)64-59(61)53-50-47-44-41-38-35-33-31-29-26-23-20-17-14-11-8-5-2/h7,10,16,19,21,24-26,28-29,57H,4-6,8-9,11-15,17-18,20,22-23,27,30-56H2,1-3H3/b10-7-,19-16-,24-21-,28-25-,29-26-. The SMILES string of the molecule is CC/C=C\C/C=C\C/C=C\CCCCCCCCCC(=O)OCC(COCCCCCCCC/C=C\CCCCCC)OC(=O)CCCCCCCCC/C=C\CCCCCCCC. The van der Waals surface area contributed by atoms with E-state index in [-0.39, 0.29) is 25.2 Å². The molecule has 0 aliphatic carbocycles. The maximum atomic E-state index is 12.8. The number of hydrogen-bond donors (Lipinski definition) is 0. The summed E-state index contributed by atoms with van der Waals surface area (Å²) in [6.07, 6.45) is 69.4. The predicted octanol–water partition coefficient (Wildman–Crippen LogP) is 18.9. The fourth-order valence-electron chi connectivity index (χ4n) is 7.87.